The fourth-order valence-electron chi connectivity index (χ4n) is 2.28. The second-order valence-electron chi connectivity index (χ2n) is 5.28. The zero-order chi connectivity index (χ0) is 19.9. The third-order valence-corrected chi connectivity index (χ3v) is 3.46. The van der Waals surface area contributed by atoms with Gasteiger partial charge < -0.3 is 19.4 Å². The van der Waals surface area contributed by atoms with E-state index in [1.807, 2.05) is 0 Å². The number of aromatic hydroxyl groups is 2. The minimum Gasteiger partial charge on any atom is -0.508 e. The Morgan fingerprint density at radius 3 is 2.41 bits per heavy atom. The van der Waals surface area contributed by atoms with Gasteiger partial charge in [-0.2, -0.15) is 13.2 Å². The zero-order valence-corrected chi connectivity index (χ0v) is 13.0. The Kier molecular flexibility index (Phi) is 4.14. The van der Waals surface area contributed by atoms with Gasteiger partial charge in [-0.25, -0.2) is 0 Å². The summed E-state index contributed by atoms with van der Waals surface area (Å²) in [5.41, 5.74) is -2.38. The molecule has 8 nitrogen and oxygen atoms in total. The number of phenolic OH excluding ortho intramolecular Hbond substituents is 2. The summed E-state index contributed by atoms with van der Waals surface area (Å²) >= 11 is 0. The highest BCUT2D eigenvalue weighted by Crippen LogP contribution is 2.39. The minimum absolute atomic E-state index is 0.290. The lowest BCUT2D eigenvalue weighted by molar-refractivity contribution is -0.385. The van der Waals surface area contributed by atoms with Crippen LogP contribution in [-0.4, -0.2) is 15.1 Å². The summed E-state index contributed by atoms with van der Waals surface area (Å²) in [5, 5.41) is 29.3. The van der Waals surface area contributed by atoms with Crippen LogP contribution >= 0.6 is 0 Å². The molecule has 0 amide bonds. The molecule has 0 saturated carbocycles. The van der Waals surface area contributed by atoms with E-state index in [4.69, 9.17) is 9.15 Å². The average Bonchev–Trinajstić information content (AvgIpc) is 2.55. The van der Waals surface area contributed by atoms with Crippen LogP contribution in [0.3, 0.4) is 0 Å². The smallest absolute Gasteiger partial charge is 0.453 e. The van der Waals surface area contributed by atoms with Crippen molar-refractivity contribution in [1.29, 1.82) is 0 Å². The van der Waals surface area contributed by atoms with E-state index < -0.39 is 56.6 Å². The number of ether oxygens (including phenoxy) is 1. The van der Waals surface area contributed by atoms with Crippen molar-refractivity contribution in [3.63, 3.8) is 0 Å². The largest absolute Gasteiger partial charge is 0.508 e. The predicted molar refractivity (Wildman–Crippen MR) is 84.0 cm³/mol. The van der Waals surface area contributed by atoms with Gasteiger partial charge in [0.15, 0.2) is 5.75 Å². The molecule has 2 N–H and O–H groups in total. The third kappa shape index (κ3) is 3.34. The van der Waals surface area contributed by atoms with Crippen LogP contribution in [0.2, 0.25) is 0 Å². The number of nitrogens with zero attached hydrogens (tertiary/aromatic N) is 1. The van der Waals surface area contributed by atoms with Gasteiger partial charge in [-0.3, -0.25) is 14.9 Å². The highest BCUT2D eigenvalue weighted by atomic mass is 19.4. The molecule has 1 heterocycles. The molecule has 0 saturated heterocycles. The van der Waals surface area contributed by atoms with Crippen molar-refractivity contribution in [2.75, 3.05) is 0 Å². The van der Waals surface area contributed by atoms with Crippen molar-refractivity contribution in [3.8, 4) is 23.0 Å². The first kappa shape index (κ1) is 18.0. The van der Waals surface area contributed by atoms with Crippen LogP contribution in [0.25, 0.3) is 11.0 Å². The molecule has 3 rings (SSSR count). The van der Waals surface area contributed by atoms with E-state index in [1.165, 1.54) is 0 Å². The normalized spacial score (nSPS) is 11.5. The molecule has 0 bridgehead atoms. The molecule has 0 radical (unpaired) electrons. The summed E-state index contributed by atoms with van der Waals surface area (Å²) in [6.07, 6.45) is -5.11. The molecular formula is C16H8F3NO7. The maximum absolute atomic E-state index is 13.3. The molecule has 0 aliphatic carbocycles. The highest BCUT2D eigenvalue weighted by molar-refractivity contribution is 5.79. The fourth-order valence-corrected chi connectivity index (χ4v) is 2.28. The highest BCUT2D eigenvalue weighted by Gasteiger charge is 2.40. The Morgan fingerprint density at radius 2 is 1.81 bits per heavy atom. The van der Waals surface area contributed by atoms with Gasteiger partial charge in [-0.05, 0) is 18.2 Å². The van der Waals surface area contributed by atoms with Crippen LogP contribution in [0.1, 0.15) is 5.76 Å². The monoisotopic (exact) mass is 383 g/mol. The van der Waals surface area contributed by atoms with Crippen molar-refractivity contribution >= 4 is 16.7 Å². The Bertz CT molecular complexity index is 1120. The summed E-state index contributed by atoms with van der Waals surface area (Å²) in [4.78, 5) is 22.2. The summed E-state index contributed by atoms with van der Waals surface area (Å²) in [6, 6.07) is 5.38. The average molecular weight is 383 g/mol. The van der Waals surface area contributed by atoms with Gasteiger partial charge in [-0.1, -0.05) is 0 Å². The number of benzene rings is 2. The molecule has 2 aromatic carbocycles. The molecule has 0 aliphatic heterocycles. The maximum Gasteiger partial charge on any atom is 0.453 e. The molecule has 1 aromatic heterocycles. The molecule has 0 atom stereocenters. The van der Waals surface area contributed by atoms with Crippen LogP contribution in [-0.2, 0) is 6.18 Å². The number of nitro groups is 1. The van der Waals surface area contributed by atoms with E-state index in [2.05, 4.69) is 0 Å². The minimum atomic E-state index is -5.11. The number of nitro benzene ring substituents is 1. The number of rotatable bonds is 3. The van der Waals surface area contributed by atoms with Gasteiger partial charge in [0.2, 0.25) is 11.2 Å². The first-order chi connectivity index (χ1) is 12.6. The maximum atomic E-state index is 13.3. The van der Waals surface area contributed by atoms with E-state index in [9.17, 15) is 38.3 Å². The number of phenols is 2. The number of alkyl halides is 3. The number of hydrogen-bond donors (Lipinski definition) is 2. The third-order valence-electron chi connectivity index (χ3n) is 3.46. The number of hydrogen-bond acceptors (Lipinski definition) is 7. The standard InChI is InChI=1S/C16H8F3NO7/c17-16(18,19)15-14(13(23)9-3-1-7(21)5-12(9)27-15)26-8-2-4-10(20(24)25)11(22)6-8/h1-6,21-22H. The molecule has 27 heavy (non-hydrogen) atoms. The topological polar surface area (TPSA) is 123 Å². The summed E-state index contributed by atoms with van der Waals surface area (Å²) in [6.45, 7) is 0. The van der Waals surface area contributed by atoms with Gasteiger partial charge >= 0.3 is 11.9 Å². The van der Waals surface area contributed by atoms with Crippen molar-refractivity contribution in [2.24, 2.45) is 0 Å². The van der Waals surface area contributed by atoms with Crippen LogP contribution in [0, 0.1) is 10.1 Å². The Labute approximate surface area is 146 Å². The second kappa shape index (κ2) is 6.20. The number of halogens is 3. The predicted octanol–water partition coefficient (Wildman–Crippen LogP) is 3.92. The van der Waals surface area contributed by atoms with Gasteiger partial charge in [-0.15, -0.1) is 0 Å². The van der Waals surface area contributed by atoms with Crippen molar-refractivity contribution in [3.05, 3.63) is 62.5 Å². The molecule has 0 fully saturated rings. The van der Waals surface area contributed by atoms with E-state index in [0.717, 1.165) is 30.3 Å². The molecule has 140 valence electrons. The van der Waals surface area contributed by atoms with Crippen LogP contribution in [0.4, 0.5) is 18.9 Å². The fraction of sp³-hybridized carbons (Fsp3) is 0.0625. The van der Waals surface area contributed by atoms with Crippen molar-refractivity contribution in [1.82, 2.24) is 0 Å². The first-order valence-electron chi connectivity index (χ1n) is 7.10. The zero-order valence-electron chi connectivity index (χ0n) is 13.0. The molecule has 0 spiro atoms. The Morgan fingerprint density at radius 1 is 1.11 bits per heavy atom. The van der Waals surface area contributed by atoms with Crippen LogP contribution in [0.5, 0.6) is 23.0 Å². The molecule has 11 heteroatoms. The molecule has 0 aliphatic rings. The lowest BCUT2D eigenvalue weighted by Crippen LogP contribution is -2.15. The van der Waals surface area contributed by atoms with Crippen LogP contribution < -0.4 is 10.2 Å². The summed E-state index contributed by atoms with van der Waals surface area (Å²) < 4.78 is 49.5. The van der Waals surface area contributed by atoms with Crippen molar-refractivity contribution in [2.45, 2.75) is 6.18 Å². The lowest BCUT2D eigenvalue weighted by Gasteiger charge is -2.13. The van der Waals surface area contributed by atoms with E-state index >= 15 is 0 Å². The Balaban J connectivity index is 2.20. The Hall–Kier alpha value is -3.76. The SMILES string of the molecule is O=c1c(Oc2ccc([N+](=O)[O-])c(O)c2)c(C(F)(F)F)oc2cc(O)ccc12. The first-order valence-corrected chi connectivity index (χ1v) is 7.10. The molecular weight excluding hydrogens is 375 g/mol. The second-order valence-corrected chi connectivity index (χ2v) is 5.28. The van der Waals surface area contributed by atoms with Crippen LogP contribution in [0.15, 0.2) is 45.6 Å². The summed E-state index contributed by atoms with van der Waals surface area (Å²) in [5.74, 6) is -4.69. The number of fused-ring (bicyclic) bond motifs is 1. The van der Waals surface area contributed by atoms with Crippen molar-refractivity contribution < 1.29 is 37.5 Å². The van der Waals surface area contributed by atoms with Gasteiger partial charge in [0.05, 0.1) is 10.3 Å². The van der Waals surface area contributed by atoms with Gasteiger partial charge in [0, 0.05) is 18.2 Å². The van der Waals surface area contributed by atoms with E-state index in [-0.39, 0.29) is 5.39 Å². The van der Waals surface area contributed by atoms with Gasteiger partial charge in [0.1, 0.15) is 17.1 Å². The quantitative estimate of drug-likeness (QED) is 0.519. The lowest BCUT2D eigenvalue weighted by atomic mass is 10.2. The van der Waals surface area contributed by atoms with Gasteiger partial charge in [0.25, 0.3) is 5.76 Å². The molecule has 3 aromatic rings. The van der Waals surface area contributed by atoms with E-state index in [1.54, 1.807) is 0 Å². The molecule has 0 unspecified atom stereocenters. The van der Waals surface area contributed by atoms with E-state index in [0.29, 0.717) is 6.07 Å². The summed E-state index contributed by atoms with van der Waals surface area (Å²) in [7, 11) is 0.